The molecule has 1 rings (SSSR count). The molecule has 0 heterocycles. The fourth-order valence-electron chi connectivity index (χ4n) is 1.24. The van der Waals surface area contributed by atoms with E-state index < -0.39 is 0 Å². The molecule has 0 aromatic heterocycles. The average Bonchev–Trinajstić information content (AvgIpc) is 2.16. The summed E-state index contributed by atoms with van der Waals surface area (Å²) >= 11 is 0. The number of benzene rings is 1. The van der Waals surface area contributed by atoms with Crippen LogP contribution in [-0.2, 0) is 4.79 Å². The van der Waals surface area contributed by atoms with Gasteiger partial charge >= 0.3 is 0 Å². The Morgan fingerprint density at radius 3 is 2.86 bits per heavy atom. The van der Waals surface area contributed by atoms with E-state index in [2.05, 4.69) is 18.8 Å². The van der Waals surface area contributed by atoms with Gasteiger partial charge in [-0.05, 0) is 23.6 Å². The Morgan fingerprint density at radius 1 is 1.57 bits per heavy atom. The third-order valence-electron chi connectivity index (χ3n) is 2.09. The Kier molecular flexibility index (Phi) is 3.46. The molecular weight excluding hydrogens is 174 g/mol. The highest BCUT2D eigenvalue weighted by Crippen LogP contribution is 2.19. The predicted octanol–water partition coefficient (Wildman–Crippen LogP) is 2.93. The molecule has 74 valence electrons. The Balaban J connectivity index is 2.88. The third kappa shape index (κ3) is 2.73. The molecule has 0 bridgehead atoms. The summed E-state index contributed by atoms with van der Waals surface area (Å²) in [6.07, 6.45) is 1.88. The van der Waals surface area contributed by atoms with Crippen LogP contribution in [0, 0.1) is 0 Å². The number of amides is 1. The van der Waals surface area contributed by atoms with Crippen LogP contribution in [0.15, 0.2) is 36.9 Å². The lowest BCUT2D eigenvalue weighted by Gasteiger charge is -2.08. The molecule has 2 heteroatoms. The second-order valence-corrected chi connectivity index (χ2v) is 3.33. The summed E-state index contributed by atoms with van der Waals surface area (Å²) in [5.74, 6) is 0.261. The number of rotatable bonds is 3. The second kappa shape index (κ2) is 4.61. The maximum absolute atomic E-state index is 10.8. The molecule has 2 nitrogen and oxygen atoms in total. The molecule has 0 aliphatic heterocycles. The molecule has 1 aromatic rings. The van der Waals surface area contributed by atoms with Gasteiger partial charge in [-0.2, -0.15) is 0 Å². The summed E-state index contributed by atoms with van der Waals surface area (Å²) in [5, 5.41) is 2.75. The Morgan fingerprint density at radius 2 is 2.29 bits per heavy atom. The van der Waals surface area contributed by atoms with E-state index in [0.29, 0.717) is 5.92 Å². The molecule has 1 amide bonds. The average molecular weight is 189 g/mol. The molecule has 1 aromatic carbocycles. The zero-order chi connectivity index (χ0) is 10.6. The minimum absolute atomic E-state index is 0.0478. The zero-order valence-corrected chi connectivity index (χ0v) is 8.58. The van der Waals surface area contributed by atoms with Gasteiger partial charge in [0.15, 0.2) is 0 Å². The van der Waals surface area contributed by atoms with Crippen LogP contribution in [0.1, 0.15) is 25.3 Å². The van der Waals surface area contributed by atoms with Gasteiger partial charge in [-0.25, -0.2) is 0 Å². The monoisotopic (exact) mass is 189 g/mol. The number of hydrogen-bond donors (Lipinski definition) is 1. The summed E-state index contributed by atoms with van der Waals surface area (Å²) in [6.45, 7) is 7.31. The van der Waals surface area contributed by atoms with Gasteiger partial charge in [0.25, 0.3) is 0 Å². The molecule has 1 unspecified atom stereocenters. The van der Waals surface area contributed by atoms with Crippen molar-refractivity contribution in [2.75, 3.05) is 5.32 Å². The SMILES string of the molecule is C=CC(C)c1cccc(NC(C)=O)c1. The van der Waals surface area contributed by atoms with Gasteiger partial charge < -0.3 is 5.32 Å². The van der Waals surface area contributed by atoms with E-state index in [1.807, 2.05) is 30.3 Å². The first-order chi connectivity index (χ1) is 6.63. The Labute approximate surface area is 84.6 Å². The van der Waals surface area contributed by atoms with Crippen LogP contribution in [0.25, 0.3) is 0 Å². The standard InChI is InChI=1S/C12H15NO/c1-4-9(2)11-6-5-7-12(8-11)13-10(3)14/h4-9H,1H2,2-3H3,(H,13,14). The van der Waals surface area contributed by atoms with E-state index in [4.69, 9.17) is 0 Å². The molecule has 0 saturated carbocycles. The highest BCUT2D eigenvalue weighted by Gasteiger charge is 2.02. The van der Waals surface area contributed by atoms with Crippen molar-refractivity contribution in [1.82, 2.24) is 0 Å². The molecular formula is C12H15NO. The van der Waals surface area contributed by atoms with Crippen molar-refractivity contribution in [3.05, 3.63) is 42.5 Å². The number of carbonyl (C=O) groups excluding carboxylic acids is 1. The van der Waals surface area contributed by atoms with Crippen molar-refractivity contribution in [2.24, 2.45) is 0 Å². The smallest absolute Gasteiger partial charge is 0.221 e. The highest BCUT2D eigenvalue weighted by molar-refractivity contribution is 5.88. The summed E-state index contributed by atoms with van der Waals surface area (Å²) < 4.78 is 0. The van der Waals surface area contributed by atoms with E-state index in [1.54, 1.807) is 0 Å². The molecule has 0 spiro atoms. The van der Waals surface area contributed by atoms with Crippen LogP contribution in [0.4, 0.5) is 5.69 Å². The van der Waals surface area contributed by atoms with Crippen LogP contribution >= 0.6 is 0 Å². The molecule has 0 saturated heterocycles. The summed E-state index contributed by atoms with van der Waals surface area (Å²) in [4.78, 5) is 10.8. The molecule has 0 fully saturated rings. The molecule has 14 heavy (non-hydrogen) atoms. The number of nitrogens with one attached hydrogen (secondary N) is 1. The fraction of sp³-hybridized carbons (Fsp3) is 0.250. The van der Waals surface area contributed by atoms with E-state index in [0.717, 1.165) is 11.3 Å². The summed E-state index contributed by atoms with van der Waals surface area (Å²) in [6, 6.07) is 7.80. The van der Waals surface area contributed by atoms with Crippen LogP contribution < -0.4 is 5.32 Å². The van der Waals surface area contributed by atoms with Gasteiger partial charge in [0.05, 0.1) is 0 Å². The first-order valence-electron chi connectivity index (χ1n) is 4.63. The van der Waals surface area contributed by atoms with Crippen LogP contribution in [0.5, 0.6) is 0 Å². The van der Waals surface area contributed by atoms with Crippen molar-refractivity contribution in [3.63, 3.8) is 0 Å². The van der Waals surface area contributed by atoms with Crippen molar-refractivity contribution in [1.29, 1.82) is 0 Å². The predicted molar refractivity (Wildman–Crippen MR) is 59.4 cm³/mol. The number of hydrogen-bond acceptors (Lipinski definition) is 1. The van der Waals surface area contributed by atoms with Gasteiger partial charge in [0.2, 0.25) is 5.91 Å². The quantitative estimate of drug-likeness (QED) is 0.728. The molecule has 0 aliphatic carbocycles. The maximum atomic E-state index is 10.8. The molecule has 0 aliphatic rings. The largest absolute Gasteiger partial charge is 0.326 e. The van der Waals surface area contributed by atoms with Gasteiger partial charge in [0, 0.05) is 12.6 Å². The van der Waals surface area contributed by atoms with Crippen molar-refractivity contribution < 1.29 is 4.79 Å². The van der Waals surface area contributed by atoms with E-state index >= 15 is 0 Å². The highest BCUT2D eigenvalue weighted by atomic mass is 16.1. The third-order valence-corrected chi connectivity index (χ3v) is 2.09. The zero-order valence-electron chi connectivity index (χ0n) is 8.58. The topological polar surface area (TPSA) is 29.1 Å². The van der Waals surface area contributed by atoms with Gasteiger partial charge in [-0.15, -0.1) is 6.58 Å². The molecule has 1 N–H and O–H groups in total. The fourth-order valence-corrected chi connectivity index (χ4v) is 1.24. The van der Waals surface area contributed by atoms with Crippen molar-refractivity contribution >= 4 is 11.6 Å². The lowest BCUT2D eigenvalue weighted by Crippen LogP contribution is -2.06. The lowest BCUT2D eigenvalue weighted by molar-refractivity contribution is -0.114. The minimum atomic E-state index is -0.0478. The first-order valence-corrected chi connectivity index (χ1v) is 4.63. The van der Waals surface area contributed by atoms with Crippen LogP contribution in [0.2, 0.25) is 0 Å². The maximum Gasteiger partial charge on any atom is 0.221 e. The summed E-state index contributed by atoms with van der Waals surface area (Å²) in [7, 11) is 0. The van der Waals surface area contributed by atoms with E-state index in [-0.39, 0.29) is 5.91 Å². The lowest BCUT2D eigenvalue weighted by atomic mass is 10.0. The van der Waals surface area contributed by atoms with E-state index in [9.17, 15) is 4.79 Å². The van der Waals surface area contributed by atoms with Crippen molar-refractivity contribution in [2.45, 2.75) is 19.8 Å². The minimum Gasteiger partial charge on any atom is -0.326 e. The molecule has 0 radical (unpaired) electrons. The van der Waals surface area contributed by atoms with Gasteiger partial charge in [-0.1, -0.05) is 25.1 Å². The van der Waals surface area contributed by atoms with Crippen LogP contribution in [-0.4, -0.2) is 5.91 Å². The Bertz CT molecular complexity index is 344. The number of anilines is 1. The number of allylic oxidation sites excluding steroid dienone is 1. The van der Waals surface area contributed by atoms with Gasteiger partial charge in [0.1, 0.15) is 0 Å². The normalized spacial score (nSPS) is 11.9. The van der Waals surface area contributed by atoms with Gasteiger partial charge in [-0.3, -0.25) is 4.79 Å². The molecule has 1 atom stereocenters. The van der Waals surface area contributed by atoms with E-state index in [1.165, 1.54) is 6.92 Å². The Hall–Kier alpha value is -1.57. The van der Waals surface area contributed by atoms with Crippen molar-refractivity contribution in [3.8, 4) is 0 Å². The number of carbonyl (C=O) groups is 1. The second-order valence-electron chi connectivity index (χ2n) is 3.33. The van der Waals surface area contributed by atoms with Crippen LogP contribution in [0.3, 0.4) is 0 Å². The summed E-state index contributed by atoms with van der Waals surface area (Å²) in [5.41, 5.74) is 2.00. The first kappa shape index (κ1) is 10.5.